The second-order valence-corrected chi connectivity index (χ2v) is 3.32. The fraction of sp³-hybridized carbons (Fsp3) is 0.625. The average Bonchev–Trinajstić information content (AvgIpc) is 1.60. The van der Waals surface area contributed by atoms with Crippen LogP contribution in [-0.4, -0.2) is 5.91 Å². The van der Waals surface area contributed by atoms with Crippen molar-refractivity contribution in [2.75, 3.05) is 0 Å². The van der Waals surface area contributed by atoms with Gasteiger partial charge in [0.25, 0.3) is 0 Å². The fourth-order valence-corrected chi connectivity index (χ4v) is 0.945. The fourth-order valence-electron chi connectivity index (χ4n) is 0.945. The Balaban J connectivity index is 4.56. The van der Waals surface area contributed by atoms with E-state index in [1.54, 1.807) is 6.08 Å². The Kier molecular flexibility index (Phi) is 2.64. The van der Waals surface area contributed by atoms with Crippen LogP contribution in [-0.2, 0) is 4.79 Å². The molecule has 2 heteroatoms. The zero-order valence-electron chi connectivity index (χ0n) is 7.06. The Hall–Kier alpha value is -0.790. The smallest absolute Gasteiger partial charge is 0.244 e. The first-order valence-electron chi connectivity index (χ1n) is 3.36. The minimum absolute atomic E-state index is 0.124. The highest BCUT2D eigenvalue weighted by atomic mass is 16.1. The van der Waals surface area contributed by atoms with Gasteiger partial charge in [0.15, 0.2) is 0 Å². The summed E-state index contributed by atoms with van der Waals surface area (Å²) in [5.41, 5.74) is 5.69. The van der Waals surface area contributed by atoms with Gasteiger partial charge < -0.3 is 5.73 Å². The summed E-state index contributed by atoms with van der Waals surface area (Å²) >= 11 is 0. The molecule has 0 aliphatic rings. The molecule has 0 saturated heterocycles. The first-order valence-corrected chi connectivity index (χ1v) is 3.36. The summed E-state index contributed by atoms with van der Waals surface area (Å²) in [6.45, 7) is 7.72. The molecule has 0 heterocycles. The number of carbonyl (C=O) groups is 1. The lowest BCUT2D eigenvalue weighted by Gasteiger charge is -2.19. The number of hydrogen-bond donors (Lipinski definition) is 1. The van der Waals surface area contributed by atoms with Crippen LogP contribution in [0.3, 0.4) is 0 Å². The van der Waals surface area contributed by atoms with Gasteiger partial charge in [-0.25, -0.2) is 0 Å². The van der Waals surface area contributed by atoms with Gasteiger partial charge in [-0.3, -0.25) is 4.79 Å². The molecule has 0 aliphatic heterocycles. The molecule has 0 rings (SSSR count). The monoisotopic (exact) mass is 141 g/mol. The molecule has 0 bridgehead atoms. The molecule has 0 saturated carbocycles. The van der Waals surface area contributed by atoms with Crippen LogP contribution in [0.5, 0.6) is 0 Å². The van der Waals surface area contributed by atoms with E-state index in [4.69, 9.17) is 5.73 Å². The summed E-state index contributed by atoms with van der Waals surface area (Å²) in [5.74, 6) is -0.324. The summed E-state index contributed by atoms with van der Waals surface area (Å²) in [6, 6.07) is 0. The van der Waals surface area contributed by atoms with Crippen LogP contribution in [0.4, 0.5) is 0 Å². The maximum atomic E-state index is 10.7. The van der Waals surface area contributed by atoms with E-state index in [9.17, 15) is 4.79 Å². The molecule has 0 aromatic rings. The van der Waals surface area contributed by atoms with Crippen molar-refractivity contribution >= 4 is 5.91 Å². The lowest BCUT2D eigenvalue weighted by Crippen LogP contribution is -2.24. The Morgan fingerprint density at radius 1 is 1.40 bits per heavy atom. The molecule has 0 aliphatic carbocycles. The van der Waals surface area contributed by atoms with Crippen molar-refractivity contribution < 1.29 is 4.79 Å². The Labute approximate surface area is 62.1 Å². The molecule has 0 atom stereocenters. The van der Waals surface area contributed by atoms with Gasteiger partial charge in [-0.2, -0.15) is 0 Å². The number of hydrogen-bond acceptors (Lipinski definition) is 1. The topological polar surface area (TPSA) is 43.1 Å². The van der Waals surface area contributed by atoms with E-state index in [1.165, 1.54) is 0 Å². The normalized spacial score (nSPS) is 13.4. The first kappa shape index (κ1) is 9.21. The number of primary amides is 1. The lowest BCUT2D eigenvalue weighted by atomic mass is 9.86. The van der Waals surface area contributed by atoms with Crippen LogP contribution in [0.2, 0.25) is 0 Å². The molecular weight excluding hydrogens is 126 g/mol. The molecule has 0 aromatic carbocycles. The zero-order chi connectivity index (χ0) is 8.36. The maximum Gasteiger partial charge on any atom is 0.244 e. The molecule has 0 unspecified atom stereocenters. The average molecular weight is 141 g/mol. The third-order valence-electron chi connectivity index (χ3n) is 1.36. The van der Waals surface area contributed by atoms with Crippen molar-refractivity contribution in [3.05, 3.63) is 11.6 Å². The standard InChI is InChI=1S/C8H15NO/c1-5-6(7(9)10)8(2,3)4/h5H,1-4H3,(H2,9,10)/b6-5+. The number of allylic oxidation sites excluding steroid dienone is 1. The molecule has 2 N–H and O–H groups in total. The Bertz CT molecular complexity index is 163. The second kappa shape index (κ2) is 2.86. The molecule has 0 aromatic heterocycles. The van der Waals surface area contributed by atoms with E-state index in [1.807, 2.05) is 27.7 Å². The van der Waals surface area contributed by atoms with E-state index in [2.05, 4.69) is 0 Å². The number of carbonyl (C=O) groups excluding carboxylic acids is 1. The van der Waals surface area contributed by atoms with Gasteiger partial charge in [-0.05, 0) is 12.3 Å². The van der Waals surface area contributed by atoms with Gasteiger partial charge in [-0.1, -0.05) is 26.8 Å². The molecule has 1 amide bonds. The predicted molar refractivity (Wildman–Crippen MR) is 42.4 cm³/mol. The Morgan fingerprint density at radius 2 is 1.80 bits per heavy atom. The Morgan fingerprint density at radius 3 is 1.80 bits per heavy atom. The second-order valence-electron chi connectivity index (χ2n) is 3.32. The molecule has 0 radical (unpaired) electrons. The van der Waals surface area contributed by atoms with E-state index < -0.39 is 0 Å². The van der Waals surface area contributed by atoms with Crippen LogP contribution in [0.1, 0.15) is 27.7 Å². The molecule has 0 spiro atoms. The summed E-state index contributed by atoms with van der Waals surface area (Å²) in [6.07, 6.45) is 1.77. The third-order valence-corrected chi connectivity index (χ3v) is 1.36. The van der Waals surface area contributed by atoms with Crippen LogP contribution >= 0.6 is 0 Å². The lowest BCUT2D eigenvalue weighted by molar-refractivity contribution is -0.115. The van der Waals surface area contributed by atoms with Crippen molar-refractivity contribution in [2.24, 2.45) is 11.1 Å². The van der Waals surface area contributed by atoms with Crippen molar-refractivity contribution in [2.45, 2.75) is 27.7 Å². The van der Waals surface area contributed by atoms with Gasteiger partial charge in [0, 0.05) is 5.57 Å². The van der Waals surface area contributed by atoms with Crippen molar-refractivity contribution in [1.82, 2.24) is 0 Å². The quantitative estimate of drug-likeness (QED) is 0.552. The highest BCUT2D eigenvalue weighted by molar-refractivity contribution is 5.92. The van der Waals surface area contributed by atoms with E-state index in [0.29, 0.717) is 5.57 Å². The maximum absolute atomic E-state index is 10.7. The number of amides is 1. The van der Waals surface area contributed by atoms with E-state index >= 15 is 0 Å². The largest absolute Gasteiger partial charge is 0.366 e. The number of nitrogens with two attached hydrogens (primary N) is 1. The third kappa shape index (κ3) is 2.21. The van der Waals surface area contributed by atoms with E-state index in [-0.39, 0.29) is 11.3 Å². The molecule has 10 heavy (non-hydrogen) atoms. The van der Waals surface area contributed by atoms with Gasteiger partial charge in [0.2, 0.25) is 5.91 Å². The first-order chi connectivity index (χ1) is 4.39. The van der Waals surface area contributed by atoms with Crippen LogP contribution in [0, 0.1) is 5.41 Å². The van der Waals surface area contributed by atoms with E-state index in [0.717, 1.165) is 0 Å². The van der Waals surface area contributed by atoms with Crippen molar-refractivity contribution in [1.29, 1.82) is 0 Å². The van der Waals surface area contributed by atoms with Gasteiger partial charge in [-0.15, -0.1) is 0 Å². The zero-order valence-corrected chi connectivity index (χ0v) is 7.06. The van der Waals surface area contributed by atoms with Gasteiger partial charge >= 0.3 is 0 Å². The highest BCUT2D eigenvalue weighted by Gasteiger charge is 2.19. The summed E-state index contributed by atoms with van der Waals surface area (Å²) in [7, 11) is 0. The molecule has 58 valence electrons. The predicted octanol–water partition coefficient (Wildman–Crippen LogP) is 1.46. The van der Waals surface area contributed by atoms with Gasteiger partial charge in [0.1, 0.15) is 0 Å². The minimum Gasteiger partial charge on any atom is -0.366 e. The van der Waals surface area contributed by atoms with Crippen LogP contribution in [0.25, 0.3) is 0 Å². The molecule has 2 nitrogen and oxygen atoms in total. The molecular formula is C8H15NO. The highest BCUT2D eigenvalue weighted by Crippen LogP contribution is 2.23. The molecule has 0 fully saturated rings. The summed E-state index contributed by atoms with van der Waals surface area (Å²) in [4.78, 5) is 10.7. The SMILES string of the molecule is C/C=C(\C(N)=O)C(C)(C)C. The van der Waals surface area contributed by atoms with Crippen LogP contribution in [0.15, 0.2) is 11.6 Å². The number of rotatable bonds is 1. The summed E-state index contributed by atoms with van der Waals surface area (Å²) in [5, 5.41) is 0. The van der Waals surface area contributed by atoms with Gasteiger partial charge in [0.05, 0.1) is 0 Å². The van der Waals surface area contributed by atoms with Crippen molar-refractivity contribution in [3.8, 4) is 0 Å². The summed E-state index contributed by atoms with van der Waals surface area (Å²) < 4.78 is 0. The minimum atomic E-state index is -0.324. The van der Waals surface area contributed by atoms with Crippen molar-refractivity contribution in [3.63, 3.8) is 0 Å². The van der Waals surface area contributed by atoms with Crippen LogP contribution < -0.4 is 5.73 Å².